The summed E-state index contributed by atoms with van der Waals surface area (Å²) >= 11 is 0. The van der Waals surface area contributed by atoms with Crippen LogP contribution in [0.1, 0.15) is 16.1 Å². The third-order valence-electron chi connectivity index (χ3n) is 2.80. The van der Waals surface area contributed by atoms with Gasteiger partial charge in [-0.3, -0.25) is 9.59 Å². The zero-order chi connectivity index (χ0) is 15.4. The van der Waals surface area contributed by atoms with Crippen molar-refractivity contribution in [3.05, 3.63) is 63.6 Å². The SMILES string of the molecule is Cc1ccc(=O)n(CCNC(=O)c2c(F)cccc2F)n1. The molecule has 7 heteroatoms. The molecule has 0 saturated heterocycles. The van der Waals surface area contributed by atoms with E-state index in [4.69, 9.17) is 0 Å². The van der Waals surface area contributed by atoms with Crippen LogP contribution in [0.25, 0.3) is 0 Å². The molecule has 1 amide bonds. The summed E-state index contributed by atoms with van der Waals surface area (Å²) in [7, 11) is 0. The molecule has 0 atom stereocenters. The average molecular weight is 293 g/mol. The third kappa shape index (κ3) is 3.50. The molecular formula is C14H13F2N3O2. The Kier molecular flexibility index (Phi) is 4.42. The summed E-state index contributed by atoms with van der Waals surface area (Å²) in [5.41, 5.74) is -0.296. The van der Waals surface area contributed by atoms with Crippen molar-refractivity contribution < 1.29 is 13.6 Å². The zero-order valence-corrected chi connectivity index (χ0v) is 11.3. The molecule has 1 aromatic heterocycles. The fraction of sp³-hybridized carbons (Fsp3) is 0.214. The quantitative estimate of drug-likeness (QED) is 0.923. The molecule has 1 heterocycles. The zero-order valence-electron chi connectivity index (χ0n) is 11.3. The van der Waals surface area contributed by atoms with Gasteiger partial charge in [0.05, 0.1) is 12.2 Å². The Balaban J connectivity index is 2.02. The van der Waals surface area contributed by atoms with E-state index in [1.54, 1.807) is 13.0 Å². The van der Waals surface area contributed by atoms with E-state index >= 15 is 0 Å². The molecule has 5 nitrogen and oxygen atoms in total. The van der Waals surface area contributed by atoms with Gasteiger partial charge in [0, 0.05) is 12.6 Å². The number of benzene rings is 1. The topological polar surface area (TPSA) is 64.0 Å². The van der Waals surface area contributed by atoms with Gasteiger partial charge < -0.3 is 5.32 Å². The first-order valence-corrected chi connectivity index (χ1v) is 6.26. The first-order chi connectivity index (χ1) is 9.99. The number of aromatic nitrogens is 2. The molecule has 0 aliphatic carbocycles. The van der Waals surface area contributed by atoms with Crippen LogP contribution in [0.15, 0.2) is 35.1 Å². The minimum absolute atomic E-state index is 0.0307. The lowest BCUT2D eigenvalue weighted by Crippen LogP contribution is -2.32. The van der Waals surface area contributed by atoms with E-state index in [1.807, 2.05) is 0 Å². The van der Waals surface area contributed by atoms with Crippen molar-refractivity contribution in [1.82, 2.24) is 15.1 Å². The van der Waals surface area contributed by atoms with Crippen LogP contribution < -0.4 is 10.9 Å². The highest BCUT2D eigenvalue weighted by atomic mass is 19.1. The molecule has 0 fully saturated rings. The summed E-state index contributed by atoms with van der Waals surface area (Å²) in [5, 5.41) is 6.34. The molecule has 0 unspecified atom stereocenters. The van der Waals surface area contributed by atoms with Gasteiger partial charge in [-0.2, -0.15) is 5.10 Å². The molecule has 2 aromatic rings. The van der Waals surface area contributed by atoms with Gasteiger partial charge in [-0.25, -0.2) is 13.5 Å². The molecular weight excluding hydrogens is 280 g/mol. The van der Waals surface area contributed by atoms with Crippen molar-refractivity contribution in [1.29, 1.82) is 0 Å². The summed E-state index contributed by atoms with van der Waals surface area (Å²) in [6, 6.07) is 6.12. The fourth-order valence-corrected chi connectivity index (χ4v) is 1.79. The van der Waals surface area contributed by atoms with Crippen LogP contribution in [0.3, 0.4) is 0 Å². The Bertz CT molecular complexity index is 708. The Labute approximate surface area is 119 Å². The number of nitrogens with one attached hydrogen (secondary N) is 1. The van der Waals surface area contributed by atoms with E-state index in [0.29, 0.717) is 5.69 Å². The number of nitrogens with zero attached hydrogens (tertiary/aromatic N) is 2. The van der Waals surface area contributed by atoms with Gasteiger partial charge >= 0.3 is 0 Å². The number of amides is 1. The maximum atomic E-state index is 13.4. The van der Waals surface area contributed by atoms with E-state index in [1.165, 1.54) is 16.8 Å². The van der Waals surface area contributed by atoms with Crippen molar-refractivity contribution in [2.45, 2.75) is 13.5 Å². The van der Waals surface area contributed by atoms with Crippen molar-refractivity contribution in [2.75, 3.05) is 6.54 Å². The monoisotopic (exact) mass is 293 g/mol. The molecule has 0 saturated carbocycles. The standard InChI is InChI=1S/C14H13F2N3O2/c1-9-5-6-12(20)19(18-9)8-7-17-14(21)13-10(15)3-2-4-11(13)16/h2-6H,7-8H2,1H3,(H,17,21). The van der Waals surface area contributed by atoms with Gasteiger partial charge in [0.1, 0.15) is 17.2 Å². The maximum absolute atomic E-state index is 13.4. The number of hydrogen-bond donors (Lipinski definition) is 1. The lowest BCUT2D eigenvalue weighted by Gasteiger charge is -2.08. The van der Waals surface area contributed by atoms with Crippen molar-refractivity contribution >= 4 is 5.91 Å². The van der Waals surface area contributed by atoms with Gasteiger partial charge in [-0.05, 0) is 25.1 Å². The van der Waals surface area contributed by atoms with Gasteiger partial charge in [0.2, 0.25) is 0 Å². The number of halogens is 2. The molecule has 0 bridgehead atoms. The summed E-state index contributed by atoms with van der Waals surface area (Å²) in [5.74, 6) is -2.73. The van der Waals surface area contributed by atoms with E-state index in [0.717, 1.165) is 12.1 Å². The highest BCUT2D eigenvalue weighted by Crippen LogP contribution is 2.11. The maximum Gasteiger partial charge on any atom is 0.266 e. The number of carbonyl (C=O) groups excluding carboxylic acids is 1. The van der Waals surface area contributed by atoms with Crippen LogP contribution in [-0.2, 0) is 6.54 Å². The highest BCUT2D eigenvalue weighted by Gasteiger charge is 2.16. The van der Waals surface area contributed by atoms with Crippen LogP contribution in [0.2, 0.25) is 0 Å². The Morgan fingerprint density at radius 1 is 1.24 bits per heavy atom. The van der Waals surface area contributed by atoms with E-state index < -0.39 is 23.1 Å². The van der Waals surface area contributed by atoms with Crippen LogP contribution in [0, 0.1) is 18.6 Å². The van der Waals surface area contributed by atoms with Gasteiger partial charge in [-0.15, -0.1) is 0 Å². The van der Waals surface area contributed by atoms with Gasteiger partial charge in [0.25, 0.3) is 11.5 Å². The van der Waals surface area contributed by atoms with Crippen molar-refractivity contribution in [2.24, 2.45) is 0 Å². The normalized spacial score (nSPS) is 10.4. The number of hydrogen-bond acceptors (Lipinski definition) is 3. The van der Waals surface area contributed by atoms with Crippen LogP contribution in [0.4, 0.5) is 8.78 Å². The fourth-order valence-electron chi connectivity index (χ4n) is 1.79. The van der Waals surface area contributed by atoms with Crippen LogP contribution in [0.5, 0.6) is 0 Å². The van der Waals surface area contributed by atoms with Crippen molar-refractivity contribution in [3.63, 3.8) is 0 Å². The number of aryl methyl sites for hydroxylation is 1. The average Bonchev–Trinajstić information content (AvgIpc) is 2.42. The molecule has 2 rings (SSSR count). The number of carbonyl (C=O) groups is 1. The summed E-state index contributed by atoms with van der Waals surface area (Å²) < 4.78 is 28.0. The summed E-state index contributed by atoms with van der Waals surface area (Å²) in [4.78, 5) is 23.2. The van der Waals surface area contributed by atoms with E-state index in [2.05, 4.69) is 10.4 Å². The molecule has 110 valence electrons. The van der Waals surface area contributed by atoms with E-state index in [9.17, 15) is 18.4 Å². The predicted molar refractivity (Wildman–Crippen MR) is 71.9 cm³/mol. The lowest BCUT2D eigenvalue weighted by atomic mass is 10.2. The summed E-state index contributed by atoms with van der Waals surface area (Å²) in [6.45, 7) is 1.87. The van der Waals surface area contributed by atoms with Crippen LogP contribution >= 0.6 is 0 Å². The Morgan fingerprint density at radius 3 is 2.57 bits per heavy atom. The molecule has 0 spiro atoms. The molecule has 0 aliphatic rings. The van der Waals surface area contributed by atoms with Gasteiger partial charge in [0.15, 0.2) is 0 Å². The Hall–Kier alpha value is -2.57. The highest BCUT2D eigenvalue weighted by molar-refractivity contribution is 5.94. The first kappa shape index (κ1) is 14.8. The second kappa shape index (κ2) is 6.25. The van der Waals surface area contributed by atoms with Crippen molar-refractivity contribution in [3.8, 4) is 0 Å². The molecule has 1 aromatic carbocycles. The minimum atomic E-state index is -0.932. The third-order valence-corrected chi connectivity index (χ3v) is 2.80. The first-order valence-electron chi connectivity index (χ1n) is 6.26. The van der Waals surface area contributed by atoms with Gasteiger partial charge in [-0.1, -0.05) is 6.07 Å². The Morgan fingerprint density at radius 2 is 1.90 bits per heavy atom. The van der Waals surface area contributed by atoms with Crippen LogP contribution in [-0.4, -0.2) is 22.2 Å². The smallest absolute Gasteiger partial charge is 0.266 e. The molecule has 0 aliphatic heterocycles. The largest absolute Gasteiger partial charge is 0.350 e. The second-order valence-electron chi connectivity index (χ2n) is 4.39. The summed E-state index contributed by atoms with van der Waals surface area (Å²) in [6.07, 6.45) is 0. The predicted octanol–water partition coefficient (Wildman–Crippen LogP) is 1.26. The second-order valence-corrected chi connectivity index (χ2v) is 4.39. The molecule has 21 heavy (non-hydrogen) atoms. The lowest BCUT2D eigenvalue weighted by molar-refractivity contribution is 0.0943. The van der Waals surface area contributed by atoms with E-state index in [-0.39, 0.29) is 18.6 Å². The minimum Gasteiger partial charge on any atom is -0.350 e. The molecule has 0 radical (unpaired) electrons. The molecule has 1 N–H and O–H groups in total. The number of rotatable bonds is 4.